The molecule has 4 aromatic rings. The first-order chi connectivity index (χ1) is 12.4. The van der Waals surface area contributed by atoms with Crippen molar-refractivity contribution in [3.05, 3.63) is 108 Å². The molecule has 3 aromatic carbocycles. The Kier molecular flexibility index (Phi) is 4.57. The zero-order valence-electron chi connectivity index (χ0n) is 13.7. The highest BCUT2D eigenvalue weighted by atomic mass is 32.1. The van der Waals surface area contributed by atoms with E-state index >= 15 is 0 Å². The van der Waals surface area contributed by atoms with Crippen molar-refractivity contribution >= 4 is 17.0 Å². The number of aromatic nitrogens is 1. The number of hydrogen-bond acceptors (Lipinski definition) is 2. The maximum Gasteiger partial charge on any atom is 0.190 e. The summed E-state index contributed by atoms with van der Waals surface area (Å²) in [5.41, 5.74) is 3.48. The number of benzene rings is 3. The van der Waals surface area contributed by atoms with Crippen molar-refractivity contribution in [1.82, 2.24) is 4.57 Å². The number of hydrogen-bond donors (Lipinski definition) is 0. The van der Waals surface area contributed by atoms with Gasteiger partial charge in [0.05, 0.1) is 10.6 Å². The Balaban J connectivity index is 1.80. The van der Waals surface area contributed by atoms with Gasteiger partial charge in [0.2, 0.25) is 0 Å². The van der Waals surface area contributed by atoms with E-state index in [4.69, 9.17) is 4.99 Å². The van der Waals surface area contributed by atoms with Crippen LogP contribution in [0.2, 0.25) is 0 Å². The lowest BCUT2D eigenvalue weighted by Gasteiger charge is -2.03. The van der Waals surface area contributed by atoms with Gasteiger partial charge >= 0.3 is 0 Å². The average Bonchev–Trinajstić information content (AvgIpc) is 3.06. The minimum atomic E-state index is 0.815. The monoisotopic (exact) mass is 342 g/mol. The summed E-state index contributed by atoms with van der Waals surface area (Å²) in [6.07, 6.45) is 2.20. The second-order valence-electron chi connectivity index (χ2n) is 5.80. The third kappa shape index (κ3) is 3.78. The third-order valence-corrected chi connectivity index (χ3v) is 5.02. The van der Waals surface area contributed by atoms with Crippen molar-refractivity contribution < 1.29 is 0 Å². The predicted octanol–water partition coefficient (Wildman–Crippen LogP) is 5.50. The largest absolute Gasteiger partial charge is 0.319 e. The van der Waals surface area contributed by atoms with Crippen LogP contribution < -0.4 is 4.80 Å². The van der Waals surface area contributed by atoms with Crippen LogP contribution in [-0.4, -0.2) is 4.57 Å². The first kappa shape index (κ1) is 15.6. The third-order valence-electron chi connectivity index (χ3n) is 3.96. The topological polar surface area (TPSA) is 17.3 Å². The van der Waals surface area contributed by atoms with Gasteiger partial charge in [-0.25, -0.2) is 4.99 Å². The van der Waals surface area contributed by atoms with Gasteiger partial charge < -0.3 is 4.57 Å². The fraction of sp³-hybridized carbons (Fsp3) is 0.0455. The lowest BCUT2D eigenvalue weighted by atomic mass is 10.2. The molecule has 4 rings (SSSR count). The van der Waals surface area contributed by atoms with Crippen molar-refractivity contribution in [3.8, 4) is 10.4 Å². The van der Waals surface area contributed by atoms with Gasteiger partial charge in [-0.1, -0.05) is 90.2 Å². The molecule has 0 saturated heterocycles. The lowest BCUT2D eigenvalue weighted by molar-refractivity contribution is 0.771. The summed E-state index contributed by atoms with van der Waals surface area (Å²) in [6, 6.07) is 31.1. The summed E-state index contributed by atoms with van der Waals surface area (Å²) in [6.45, 7) is 0.815. The van der Waals surface area contributed by atoms with Crippen LogP contribution in [0.25, 0.3) is 10.4 Å². The van der Waals surface area contributed by atoms with E-state index in [0.29, 0.717) is 0 Å². The van der Waals surface area contributed by atoms with E-state index in [2.05, 4.69) is 59.3 Å². The molecule has 0 atom stereocenters. The van der Waals surface area contributed by atoms with Gasteiger partial charge in [0.15, 0.2) is 4.80 Å². The maximum absolute atomic E-state index is 4.86. The number of thiazole rings is 1. The van der Waals surface area contributed by atoms with Crippen molar-refractivity contribution in [2.45, 2.75) is 6.54 Å². The summed E-state index contributed by atoms with van der Waals surface area (Å²) in [4.78, 5) is 7.10. The minimum absolute atomic E-state index is 0.815. The zero-order chi connectivity index (χ0) is 16.9. The summed E-state index contributed by atoms with van der Waals surface area (Å²) >= 11 is 1.72. The Morgan fingerprint density at radius 3 is 2.00 bits per heavy atom. The fourth-order valence-electron chi connectivity index (χ4n) is 2.71. The quantitative estimate of drug-likeness (QED) is 0.466. The highest BCUT2D eigenvalue weighted by Crippen LogP contribution is 2.22. The van der Waals surface area contributed by atoms with E-state index in [1.807, 2.05) is 42.5 Å². The Morgan fingerprint density at radius 2 is 1.32 bits per heavy atom. The number of rotatable bonds is 4. The summed E-state index contributed by atoms with van der Waals surface area (Å²) in [5.74, 6) is 0. The molecule has 0 spiro atoms. The summed E-state index contributed by atoms with van der Waals surface area (Å²) < 4.78 is 2.23. The van der Waals surface area contributed by atoms with E-state index in [1.165, 1.54) is 16.0 Å². The molecule has 0 bridgehead atoms. The molecule has 0 aliphatic carbocycles. The van der Waals surface area contributed by atoms with Gasteiger partial charge in [0, 0.05) is 12.7 Å². The standard InChI is InChI=1S/C22H18N2S/c1-4-10-18(11-5-1)16-24-17-21(19-12-6-2-7-13-19)25-22(24)23-20-14-8-3-9-15-20/h1-15,17H,16H2/b23-22+. The van der Waals surface area contributed by atoms with Crippen LogP contribution in [0.4, 0.5) is 5.69 Å². The summed E-state index contributed by atoms with van der Waals surface area (Å²) in [7, 11) is 0. The van der Waals surface area contributed by atoms with E-state index < -0.39 is 0 Å². The maximum atomic E-state index is 4.86. The predicted molar refractivity (Wildman–Crippen MR) is 105 cm³/mol. The van der Waals surface area contributed by atoms with E-state index in [9.17, 15) is 0 Å². The molecule has 0 radical (unpaired) electrons. The number of nitrogens with zero attached hydrogens (tertiary/aromatic N) is 2. The first-order valence-corrected chi connectivity index (χ1v) is 9.09. The van der Waals surface area contributed by atoms with Gasteiger partial charge in [-0.05, 0) is 23.3 Å². The van der Waals surface area contributed by atoms with Crippen LogP contribution >= 0.6 is 11.3 Å². The first-order valence-electron chi connectivity index (χ1n) is 8.28. The average molecular weight is 342 g/mol. The fourth-order valence-corrected chi connectivity index (χ4v) is 3.73. The van der Waals surface area contributed by atoms with Crippen molar-refractivity contribution in [2.75, 3.05) is 0 Å². The molecule has 122 valence electrons. The van der Waals surface area contributed by atoms with Gasteiger partial charge in [-0.15, -0.1) is 0 Å². The minimum Gasteiger partial charge on any atom is -0.319 e. The van der Waals surface area contributed by atoms with E-state index in [1.54, 1.807) is 11.3 Å². The van der Waals surface area contributed by atoms with Gasteiger partial charge in [0.1, 0.15) is 0 Å². The van der Waals surface area contributed by atoms with E-state index in [-0.39, 0.29) is 0 Å². The normalized spacial score (nSPS) is 11.6. The molecule has 0 amide bonds. The van der Waals surface area contributed by atoms with Crippen molar-refractivity contribution in [1.29, 1.82) is 0 Å². The van der Waals surface area contributed by atoms with Gasteiger partial charge in [0.25, 0.3) is 0 Å². The molecule has 0 unspecified atom stereocenters. The molecule has 2 nitrogen and oxygen atoms in total. The lowest BCUT2D eigenvalue weighted by Crippen LogP contribution is -2.14. The van der Waals surface area contributed by atoms with Crippen LogP contribution in [0.15, 0.2) is 102 Å². The molecule has 0 saturated carbocycles. The molecule has 3 heteroatoms. The highest BCUT2D eigenvalue weighted by Gasteiger charge is 2.06. The van der Waals surface area contributed by atoms with Gasteiger partial charge in [-0.3, -0.25) is 0 Å². The summed E-state index contributed by atoms with van der Waals surface area (Å²) in [5, 5.41) is 0. The Morgan fingerprint density at radius 1 is 0.720 bits per heavy atom. The van der Waals surface area contributed by atoms with Crippen molar-refractivity contribution in [2.24, 2.45) is 4.99 Å². The van der Waals surface area contributed by atoms with Crippen LogP contribution in [0.5, 0.6) is 0 Å². The van der Waals surface area contributed by atoms with Crippen LogP contribution in [-0.2, 0) is 6.54 Å². The molecular formula is C22H18N2S. The second kappa shape index (κ2) is 7.32. The smallest absolute Gasteiger partial charge is 0.190 e. The zero-order valence-corrected chi connectivity index (χ0v) is 14.6. The Bertz CT molecular complexity index is 1000. The highest BCUT2D eigenvalue weighted by molar-refractivity contribution is 7.12. The molecule has 0 N–H and O–H groups in total. The Labute approximate surface area is 151 Å². The SMILES string of the molecule is c1ccc(Cn2cc(-c3ccccc3)s/c2=N/c2ccccc2)cc1. The second-order valence-corrected chi connectivity index (χ2v) is 6.81. The molecule has 25 heavy (non-hydrogen) atoms. The van der Waals surface area contributed by atoms with Crippen LogP contribution in [0, 0.1) is 0 Å². The van der Waals surface area contributed by atoms with Crippen LogP contribution in [0.1, 0.15) is 5.56 Å². The molecular weight excluding hydrogens is 324 g/mol. The molecule has 0 aliphatic heterocycles. The van der Waals surface area contributed by atoms with Crippen LogP contribution in [0.3, 0.4) is 0 Å². The van der Waals surface area contributed by atoms with E-state index in [0.717, 1.165) is 17.0 Å². The molecule has 0 aliphatic rings. The Hall–Kier alpha value is -2.91. The van der Waals surface area contributed by atoms with Gasteiger partial charge in [-0.2, -0.15) is 0 Å². The number of para-hydroxylation sites is 1. The molecule has 1 aromatic heterocycles. The molecule has 1 heterocycles. The molecule has 0 fully saturated rings. The van der Waals surface area contributed by atoms with Crippen molar-refractivity contribution in [3.63, 3.8) is 0 Å².